The maximum Gasteiger partial charge on any atom is 0.308 e. The number of ether oxygens (including phenoxy) is 9. The lowest BCUT2D eigenvalue weighted by atomic mass is 10.2. The minimum absolute atomic E-state index is 0.0389. The molecule has 1 fully saturated rings. The number of rotatable bonds is 24. The zero-order valence-corrected chi connectivity index (χ0v) is 27.0. The third kappa shape index (κ3) is 37.1. The molecule has 41 heavy (non-hydrogen) atoms. The van der Waals surface area contributed by atoms with Crippen molar-refractivity contribution in [3.05, 3.63) is 0 Å². The Balaban J connectivity index is 0. The molecule has 0 amide bonds. The van der Waals surface area contributed by atoms with Gasteiger partial charge < -0.3 is 47.7 Å². The Labute approximate surface area is 255 Å². The topological polar surface area (TPSA) is 137 Å². The minimum atomic E-state index is -0.221. The zero-order valence-electron chi connectivity index (χ0n) is 25.4. The number of aliphatic hydroxyl groups is 1. The molecule has 246 valence electrons. The fraction of sp³-hybridized carbons (Fsp3) is 0.929. The van der Waals surface area contributed by atoms with Crippen molar-refractivity contribution < 1.29 is 57.3 Å². The fourth-order valence-electron chi connectivity index (χ4n) is 2.85. The van der Waals surface area contributed by atoms with Crippen molar-refractivity contribution in [1.82, 2.24) is 0 Å². The number of alkyl halides is 1. The van der Waals surface area contributed by atoms with Crippen LogP contribution in [-0.4, -0.2) is 128 Å². The van der Waals surface area contributed by atoms with E-state index in [-0.39, 0.29) is 24.8 Å². The quantitative estimate of drug-likeness (QED) is 0.0922. The molecule has 1 rings (SSSR count). The van der Waals surface area contributed by atoms with Gasteiger partial charge in [0.2, 0.25) is 0 Å². The van der Waals surface area contributed by atoms with Gasteiger partial charge in [-0.25, -0.2) is 0 Å². The monoisotopic (exact) mass is 662 g/mol. The Kier molecular flexibility index (Phi) is 38.2. The van der Waals surface area contributed by atoms with Gasteiger partial charge in [0.1, 0.15) is 0 Å². The van der Waals surface area contributed by atoms with Gasteiger partial charge in [-0.3, -0.25) is 9.59 Å². The molecule has 0 aliphatic carbocycles. The first-order valence-corrected chi connectivity index (χ1v) is 15.8. The molecule has 0 aromatic carbocycles. The average molecular weight is 664 g/mol. The first-order valence-electron chi connectivity index (χ1n) is 14.6. The Morgan fingerprint density at radius 3 is 1.71 bits per heavy atom. The molecule has 0 spiro atoms. The second-order valence-electron chi connectivity index (χ2n) is 8.25. The van der Waals surface area contributed by atoms with Gasteiger partial charge in [-0.2, -0.15) is 0 Å². The molecule has 1 heterocycles. The molecule has 1 aliphatic heterocycles. The summed E-state index contributed by atoms with van der Waals surface area (Å²) in [5.41, 5.74) is 0. The zero-order chi connectivity index (χ0) is 30.7. The van der Waals surface area contributed by atoms with E-state index in [9.17, 15) is 9.59 Å². The summed E-state index contributed by atoms with van der Waals surface area (Å²) in [5, 5.41) is 9.14. The first kappa shape index (κ1) is 42.2. The average Bonchev–Trinajstić information content (AvgIpc) is 2.97. The highest BCUT2D eigenvalue weighted by molar-refractivity contribution is 9.09. The Morgan fingerprint density at radius 2 is 1.22 bits per heavy atom. The maximum atomic E-state index is 10.9. The van der Waals surface area contributed by atoms with Gasteiger partial charge in [-0.15, -0.1) is 0 Å². The molecule has 0 aromatic rings. The molecule has 1 atom stereocenters. The predicted octanol–water partition coefficient (Wildman–Crippen LogP) is 3.29. The largest absolute Gasteiger partial charge is 0.466 e. The smallest absolute Gasteiger partial charge is 0.308 e. The van der Waals surface area contributed by atoms with E-state index in [0.29, 0.717) is 97.5 Å². The Hall–Kier alpha value is -0.900. The molecule has 0 bridgehead atoms. The van der Waals surface area contributed by atoms with E-state index in [1.807, 2.05) is 0 Å². The van der Waals surface area contributed by atoms with Crippen LogP contribution in [0, 0.1) is 0 Å². The summed E-state index contributed by atoms with van der Waals surface area (Å²) in [7, 11) is 0. The summed E-state index contributed by atoms with van der Waals surface area (Å²) < 4.78 is 46.3. The molecule has 13 heteroatoms. The molecule has 0 radical (unpaired) electrons. The van der Waals surface area contributed by atoms with Crippen LogP contribution in [0.2, 0.25) is 0 Å². The van der Waals surface area contributed by atoms with E-state index in [4.69, 9.17) is 43.0 Å². The van der Waals surface area contributed by atoms with Gasteiger partial charge in [0.05, 0.1) is 98.7 Å². The number of carbonyl (C=O) groups excluding carboxylic acids is 2. The van der Waals surface area contributed by atoms with Gasteiger partial charge in [-0.1, -0.05) is 22.9 Å². The van der Waals surface area contributed by atoms with E-state index >= 15 is 0 Å². The fourth-order valence-corrected chi connectivity index (χ4v) is 3.18. The van der Waals surface area contributed by atoms with Crippen LogP contribution in [0.25, 0.3) is 0 Å². The van der Waals surface area contributed by atoms with Gasteiger partial charge in [0, 0.05) is 18.5 Å². The lowest BCUT2D eigenvalue weighted by Gasteiger charge is -2.22. The molecule has 1 N–H and O–H groups in total. The molecule has 1 unspecified atom stereocenters. The van der Waals surface area contributed by atoms with Gasteiger partial charge in [0.15, 0.2) is 6.29 Å². The predicted molar refractivity (Wildman–Crippen MR) is 157 cm³/mol. The Morgan fingerprint density at radius 1 is 0.707 bits per heavy atom. The van der Waals surface area contributed by atoms with Crippen LogP contribution in [0.1, 0.15) is 59.3 Å². The molecular formula is C28H55BrO12. The number of esters is 2. The highest BCUT2D eigenvalue weighted by atomic mass is 79.9. The van der Waals surface area contributed by atoms with Gasteiger partial charge in [-0.05, 0) is 39.5 Å². The van der Waals surface area contributed by atoms with E-state index in [0.717, 1.165) is 32.5 Å². The molecular weight excluding hydrogens is 608 g/mol. The minimum Gasteiger partial charge on any atom is -0.466 e. The van der Waals surface area contributed by atoms with Crippen molar-refractivity contribution in [2.45, 2.75) is 65.6 Å². The van der Waals surface area contributed by atoms with Crippen molar-refractivity contribution in [1.29, 1.82) is 0 Å². The third-order valence-corrected chi connectivity index (χ3v) is 5.13. The van der Waals surface area contributed by atoms with Crippen molar-refractivity contribution in [2.75, 3.05) is 104 Å². The third-order valence-electron chi connectivity index (χ3n) is 4.73. The normalized spacial score (nSPS) is 14.3. The number of halogens is 1. The number of hydrogen-bond donors (Lipinski definition) is 1. The van der Waals surface area contributed by atoms with Crippen LogP contribution in [0.4, 0.5) is 0 Å². The van der Waals surface area contributed by atoms with Crippen LogP contribution >= 0.6 is 15.9 Å². The van der Waals surface area contributed by atoms with Crippen LogP contribution in [0.3, 0.4) is 0 Å². The van der Waals surface area contributed by atoms with Crippen LogP contribution in [0.5, 0.6) is 0 Å². The standard InChI is InChI=1S/C12H24O5.C11H22O5.C5H9BrO2/c1-3-6-14-8-10-16-11-9-15-7-5-12(13)17-4-2;12-4-6-13-7-8-14-9-10-16-11-3-1-2-5-15-11;1-2-8-5(7)3-4-6/h3-11H2,1-2H3;11-12H,1-10H2;2-4H2,1H3. The van der Waals surface area contributed by atoms with Crippen LogP contribution < -0.4 is 0 Å². The number of aliphatic hydroxyl groups excluding tert-OH is 1. The van der Waals surface area contributed by atoms with E-state index in [2.05, 4.69) is 27.6 Å². The van der Waals surface area contributed by atoms with Crippen molar-refractivity contribution in [3.63, 3.8) is 0 Å². The summed E-state index contributed by atoms with van der Waals surface area (Å²) in [4.78, 5) is 21.3. The van der Waals surface area contributed by atoms with Crippen LogP contribution in [0.15, 0.2) is 0 Å². The van der Waals surface area contributed by atoms with Gasteiger partial charge in [0.25, 0.3) is 0 Å². The molecule has 1 aliphatic rings. The van der Waals surface area contributed by atoms with E-state index in [1.165, 1.54) is 6.42 Å². The van der Waals surface area contributed by atoms with Gasteiger partial charge >= 0.3 is 11.9 Å². The Bertz CT molecular complexity index is 528. The lowest BCUT2D eigenvalue weighted by molar-refractivity contribution is -0.169. The molecule has 1 saturated heterocycles. The summed E-state index contributed by atoms with van der Waals surface area (Å²) in [6.07, 6.45) is 5.06. The second kappa shape index (κ2) is 37.1. The summed E-state index contributed by atoms with van der Waals surface area (Å²) in [6.45, 7) is 13.3. The number of hydrogen-bond acceptors (Lipinski definition) is 12. The summed E-state index contributed by atoms with van der Waals surface area (Å²) >= 11 is 3.12. The van der Waals surface area contributed by atoms with Crippen molar-refractivity contribution >= 4 is 27.9 Å². The molecule has 0 aromatic heterocycles. The lowest BCUT2D eigenvalue weighted by Crippen LogP contribution is -2.24. The first-order chi connectivity index (χ1) is 20.0. The highest BCUT2D eigenvalue weighted by Crippen LogP contribution is 2.13. The van der Waals surface area contributed by atoms with E-state index in [1.54, 1.807) is 13.8 Å². The summed E-state index contributed by atoms with van der Waals surface area (Å²) in [6, 6.07) is 0. The molecule has 12 nitrogen and oxygen atoms in total. The highest BCUT2D eigenvalue weighted by Gasteiger charge is 2.13. The second-order valence-corrected chi connectivity index (χ2v) is 9.04. The van der Waals surface area contributed by atoms with Crippen molar-refractivity contribution in [2.24, 2.45) is 0 Å². The van der Waals surface area contributed by atoms with Crippen molar-refractivity contribution in [3.8, 4) is 0 Å². The number of carbonyl (C=O) groups is 2. The summed E-state index contributed by atoms with van der Waals surface area (Å²) in [5.74, 6) is -0.356. The SMILES string of the molecule is CCCOCCOCCOCCC(=O)OCC.CCOC(=O)CCBr.OCCOCCOCCOC1CCCCO1. The van der Waals surface area contributed by atoms with Crippen LogP contribution in [-0.2, 0) is 52.2 Å². The maximum absolute atomic E-state index is 10.9. The molecule has 0 saturated carbocycles. The van der Waals surface area contributed by atoms with E-state index < -0.39 is 0 Å².